The largest absolute Gasteiger partial charge is 0.354 e. The van der Waals surface area contributed by atoms with Gasteiger partial charge >= 0.3 is 0 Å². The number of piperazine rings is 1. The minimum absolute atomic E-state index is 0.0957. The summed E-state index contributed by atoms with van der Waals surface area (Å²) in [6.45, 7) is 8.84. The van der Waals surface area contributed by atoms with Gasteiger partial charge in [-0.25, -0.2) is 4.98 Å². The molecule has 0 aliphatic carbocycles. The molecule has 2 heterocycles. The Hall–Kier alpha value is -2.67. The van der Waals surface area contributed by atoms with Gasteiger partial charge in [-0.15, -0.1) is 0 Å². The Labute approximate surface area is 148 Å². The maximum absolute atomic E-state index is 11.2. The Kier molecular flexibility index (Phi) is 5.45. The number of hydrogen-bond acceptors (Lipinski definition) is 6. The number of aromatic nitrogens is 2. The summed E-state index contributed by atoms with van der Waals surface area (Å²) in [6.07, 6.45) is 1.77. The fraction of sp³-hybridized carbons (Fsp3) is 0.389. The average molecular weight is 340 g/mol. The van der Waals surface area contributed by atoms with Crippen molar-refractivity contribution in [1.82, 2.24) is 14.9 Å². The maximum atomic E-state index is 11.2. The van der Waals surface area contributed by atoms with E-state index in [2.05, 4.69) is 37.3 Å². The molecule has 1 aromatic heterocycles. The van der Waals surface area contributed by atoms with Crippen molar-refractivity contribution in [2.45, 2.75) is 13.8 Å². The average Bonchev–Trinajstić information content (AvgIpc) is 2.62. The van der Waals surface area contributed by atoms with Crippen molar-refractivity contribution in [2.75, 3.05) is 48.3 Å². The van der Waals surface area contributed by atoms with Crippen LogP contribution < -0.4 is 15.5 Å². The van der Waals surface area contributed by atoms with Crippen molar-refractivity contribution in [3.8, 4) is 0 Å². The quantitative estimate of drug-likeness (QED) is 0.870. The number of benzene rings is 1. The summed E-state index contributed by atoms with van der Waals surface area (Å²) in [5.41, 5.74) is 1.57. The first-order valence-corrected chi connectivity index (χ1v) is 8.59. The molecular weight excluding hydrogens is 316 g/mol. The van der Waals surface area contributed by atoms with E-state index in [1.54, 1.807) is 6.20 Å². The third-order valence-electron chi connectivity index (χ3n) is 4.22. The lowest BCUT2D eigenvalue weighted by Gasteiger charge is -2.34. The van der Waals surface area contributed by atoms with Crippen LogP contribution in [0, 0.1) is 0 Å². The summed E-state index contributed by atoms with van der Waals surface area (Å²) in [6, 6.07) is 9.44. The van der Waals surface area contributed by atoms with Gasteiger partial charge in [-0.3, -0.25) is 4.79 Å². The van der Waals surface area contributed by atoms with Gasteiger partial charge in [-0.1, -0.05) is 13.0 Å². The van der Waals surface area contributed by atoms with E-state index < -0.39 is 0 Å². The van der Waals surface area contributed by atoms with Gasteiger partial charge in [0.1, 0.15) is 5.82 Å². The summed E-state index contributed by atoms with van der Waals surface area (Å²) in [5, 5.41) is 5.98. The van der Waals surface area contributed by atoms with Crippen LogP contribution in [0.1, 0.15) is 13.8 Å². The fourth-order valence-electron chi connectivity index (χ4n) is 2.89. The van der Waals surface area contributed by atoms with E-state index in [1.807, 2.05) is 30.3 Å². The van der Waals surface area contributed by atoms with Crippen molar-refractivity contribution in [3.63, 3.8) is 0 Å². The molecule has 0 spiro atoms. The Morgan fingerprint density at radius 2 is 1.92 bits per heavy atom. The lowest BCUT2D eigenvalue weighted by Crippen LogP contribution is -2.46. The number of likely N-dealkylation sites (N-methyl/N-ethyl adjacent to an activating group) is 1. The fourth-order valence-corrected chi connectivity index (χ4v) is 2.89. The molecule has 1 aromatic carbocycles. The molecule has 1 amide bonds. The predicted octanol–water partition coefficient (Wildman–Crippen LogP) is 2.32. The Balaban J connectivity index is 1.69. The number of rotatable bonds is 5. The second kappa shape index (κ2) is 7.94. The van der Waals surface area contributed by atoms with Crippen LogP contribution in [0.3, 0.4) is 0 Å². The number of hydrogen-bond donors (Lipinski definition) is 2. The van der Waals surface area contributed by atoms with Gasteiger partial charge in [-0.2, -0.15) is 4.98 Å². The number of carbonyl (C=O) groups excluding carboxylic acids is 1. The van der Waals surface area contributed by atoms with E-state index >= 15 is 0 Å². The van der Waals surface area contributed by atoms with Crippen molar-refractivity contribution >= 4 is 29.0 Å². The molecule has 0 radical (unpaired) electrons. The maximum Gasteiger partial charge on any atom is 0.229 e. The molecule has 1 fully saturated rings. The van der Waals surface area contributed by atoms with Crippen LogP contribution in [0.5, 0.6) is 0 Å². The van der Waals surface area contributed by atoms with E-state index in [4.69, 9.17) is 0 Å². The highest BCUT2D eigenvalue weighted by Gasteiger charge is 2.17. The summed E-state index contributed by atoms with van der Waals surface area (Å²) >= 11 is 0. The number of nitrogens with zero attached hydrogens (tertiary/aromatic N) is 4. The molecule has 1 saturated heterocycles. The van der Waals surface area contributed by atoms with Gasteiger partial charge in [0.15, 0.2) is 0 Å². The summed E-state index contributed by atoms with van der Waals surface area (Å²) in [4.78, 5) is 24.8. The number of nitrogens with one attached hydrogen (secondary N) is 2. The molecule has 0 atom stereocenters. The summed E-state index contributed by atoms with van der Waals surface area (Å²) < 4.78 is 0. The monoisotopic (exact) mass is 340 g/mol. The van der Waals surface area contributed by atoms with Crippen LogP contribution in [-0.2, 0) is 4.79 Å². The van der Waals surface area contributed by atoms with Crippen molar-refractivity contribution in [3.05, 3.63) is 36.5 Å². The van der Waals surface area contributed by atoms with Crippen LogP contribution in [0.4, 0.5) is 23.1 Å². The second-order valence-corrected chi connectivity index (χ2v) is 6.05. The Morgan fingerprint density at radius 3 is 2.64 bits per heavy atom. The summed E-state index contributed by atoms with van der Waals surface area (Å²) in [5.74, 6) is 1.39. The first kappa shape index (κ1) is 17.2. The summed E-state index contributed by atoms with van der Waals surface area (Å²) in [7, 11) is 0. The van der Waals surface area contributed by atoms with Crippen molar-refractivity contribution in [2.24, 2.45) is 0 Å². The third-order valence-corrected chi connectivity index (χ3v) is 4.22. The highest BCUT2D eigenvalue weighted by molar-refractivity contribution is 5.89. The zero-order valence-electron chi connectivity index (χ0n) is 14.7. The predicted molar refractivity (Wildman–Crippen MR) is 100 cm³/mol. The number of anilines is 4. The van der Waals surface area contributed by atoms with Gasteiger partial charge in [0.2, 0.25) is 11.9 Å². The minimum Gasteiger partial charge on any atom is -0.354 e. The van der Waals surface area contributed by atoms with E-state index in [0.717, 1.165) is 49.9 Å². The molecule has 1 aliphatic rings. The zero-order chi connectivity index (χ0) is 17.6. The highest BCUT2D eigenvalue weighted by Crippen LogP contribution is 2.20. The molecule has 132 valence electrons. The van der Waals surface area contributed by atoms with Crippen LogP contribution >= 0.6 is 0 Å². The van der Waals surface area contributed by atoms with Gasteiger partial charge < -0.3 is 20.4 Å². The lowest BCUT2D eigenvalue weighted by atomic mass is 10.2. The third kappa shape index (κ3) is 4.67. The van der Waals surface area contributed by atoms with Gasteiger partial charge in [0.05, 0.1) is 0 Å². The first-order chi connectivity index (χ1) is 12.1. The van der Waals surface area contributed by atoms with Crippen molar-refractivity contribution < 1.29 is 4.79 Å². The molecule has 7 heteroatoms. The molecule has 3 rings (SSSR count). The van der Waals surface area contributed by atoms with E-state index in [1.165, 1.54) is 6.92 Å². The number of amides is 1. The molecule has 0 saturated carbocycles. The molecule has 2 N–H and O–H groups in total. The Bertz CT molecular complexity index is 727. The Morgan fingerprint density at radius 1 is 1.16 bits per heavy atom. The van der Waals surface area contributed by atoms with Crippen LogP contribution in [0.15, 0.2) is 36.5 Å². The normalized spacial score (nSPS) is 15.0. The second-order valence-electron chi connectivity index (χ2n) is 6.05. The smallest absolute Gasteiger partial charge is 0.229 e. The minimum atomic E-state index is -0.0957. The number of carbonyl (C=O) groups is 1. The van der Waals surface area contributed by atoms with Crippen LogP contribution in [-0.4, -0.2) is 53.5 Å². The first-order valence-electron chi connectivity index (χ1n) is 8.59. The van der Waals surface area contributed by atoms with Crippen LogP contribution in [0.25, 0.3) is 0 Å². The van der Waals surface area contributed by atoms with E-state index in [-0.39, 0.29) is 5.91 Å². The molecule has 1 aliphatic heterocycles. The zero-order valence-corrected chi connectivity index (χ0v) is 14.7. The molecule has 25 heavy (non-hydrogen) atoms. The topological polar surface area (TPSA) is 73.4 Å². The molecule has 2 aromatic rings. The SMILES string of the molecule is CCN1CCN(c2ccnc(Nc3cccc(NC(C)=O)c3)n2)CC1. The highest BCUT2D eigenvalue weighted by atomic mass is 16.1. The van der Waals surface area contributed by atoms with E-state index in [9.17, 15) is 4.79 Å². The van der Waals surface area contributed by atoms with Crippen LogP contribution in [0.2, 0.25) is 0 Å². The van der Waals surface area contributed by atoms with Gasteiger partial charge in [-0.05, 0) is 30.8 Å². The van der Waals surface area contributed by atoms with E-state index in [0.29, 0.717) is 5.95 Å². The molecule has 0 bridgehead atoms. The molecular formula is C18H24N6O. The lowest BCUT2D eigenvalue weighted by molar-refractivity contribution is -0.114. The van der Waals surface area contributed by atoms with Gasteiger partial charge in [0, 0.05) is 50.7 Å². The van der Waals surface area contributed by atoms with Gasteiger partial charge in [0.25, 0.3) is 0 Å². The van der Waals surface area contributed by atoms with Crippen molar-refractivity contribution in [1.29, 1.82) is 0 Å². The molecule has 7 nitrogen and oxygen atoms in total. The standard InChI is InChI=1S/C18H24N6O/c1-3-23-9-11-24(12-10-23)17-7-8-19-18(22-17)21-16-6-4-5-15(13-16)20-14(2)25/h4-8,13H,3,9-12H2,1-2H3,(H,20,25)(H,19,21,22). The molecule has 0 unspecified atom stereocenters.